The van der Waals surface area contributed by atoms with Crippen LogP contribution >= 0.6 is 11.3 Å². The Bertz CT molecular complexity index is 1070. The molecule has 7 nitrogen and oxygen atoms in total. The number of hydrogen-bond acceptors (Lipinski definition) is 5. The highest BCUT2D eigenvalue weighted by atomic mass is 32.2. The molecule has 0 aliphatic carbocycles. The van der Waals surface area contributed by atoms with Gasteiger partial charge in [-0.05, 0) is 49.4 Å². The van der Waals surface area contributed by atoms with Crippen LogP contribution in [0.5, 0.6) is 0 Å². The highest BCUT2D eigenvalue weighted by molar-refractivity contribution is 7.87. The Hall–Kier alpha value is -2.49. The minimum Gasteiger partial charge on any atom is -0.347 e. The van der Waals surface area contributed by atoms with Crippen molar-refractivity contribution in [3.63, 3.8) is 0 Å². The van der Waals surface area contributed by atoms with E-state index in [1.165, 1.54) is 4.88 Å². The van der Waals surface area contributed by atoms with Crippen molar-refractivity contribution in [2.24, 2.45) is 10.4 Å². The fourth-order valence-corrected chi connectivity index (χ4v) is 4.03. The summed E-state index contributed by atoms with van der Waals surface area (Å²) in [5.41, 5.74) is 2.30. The Kier molecular flexibility index (Phi) is 8.77. The molecule has 1 amide bonds. The smallest absolute Gasteiger partial charge is 0.347 e. The Labute approximate surface area is 194 Å². The van der Waals surface area contributed by atoms with Gasteiger partial charge >= 0.3 is 10.3 Å². The number of nitrogens with one attached hydrogen (secondary N) is 2. The average Bonchev–Trinajstić information content (AvgIpc) is 3.19. The molecule has 0 radical (unpaired) electrons. The maximum absolute atomic E-state index is 12.7. The van der Waals surface area contributed by atoms with Crippen LogP contribution in [0.1, 0.15) is 45.1 Å². The number of hydrogen-bond donors (Lipinski definition) is 3. The summed E-state index contributed by atoms with van der Waals surface area (Å²) < 4.78 is 32.9. The molecule has 2 rings (SSSR count). The fourth-order valence-electron chi connectivity index (χ4n) is 2.87. The van der Waals surface area contributed by atoms with Crippen molar-refractivity contribution in [2.75, 3.05) is 4.72 Å². The van der Waals surface area contributed by atoms with E-state index in [0.29, 0.717) is 6.42 Å². The highest BCUT2D eigenvalue weighted by Crippen LogP contribution is 2.18. The molecule has 0 unspecified atom stereocenters. The minimum absolute atomic E-state index is 0.0815. The number of carbonyl (C=O) groups excluding carboxylic acids is 1. The van der Waals surface area contributed by atoms with Crippen LogP contribution in [0.25, 0.3) is 0 Å². The van der Waals surface area contributed by atoms with Crippen LogP contribution in [0, 0.1) is 5.41 Å². The highest BCUT2D eigenvalue weighted by Gasteiger charge is 2.25. The Balaban J connectivity index is 2.25. The van der Waals surface area contributed by atoms with E-state index in [4.69, 9.17) is 9.55 Å². The lowest BCUT2D eigenvalue weighted by molar-refractivity contribution is -0.128. The Morgan fingerprint density at radius 2 is 1.88 bits per heavy atom. The number of allylic oxidation sites excluding steroid dienone is 2. The van der Waals surface area contributed by atoms with E-state index in [0.717, 1.165) is 23.4 Å². The topological polar surface area (TPSA) is 108 Å². The van der Waals surface area contributed by atoms with Gasteiger partial charge in [-0.15, -0.1) is 11.3 Å². The predicted octanol–water partition coefficient (Wildman–Crippen LogP) is 4.64. The summed E-state index contributed by atoms with van der Waals surface area (Å²) in [6, 6.07) is 10.4. The van der Waals surface area contributed by atoms with E-state index in [1.807, 2.05) is 56.9 Å². The lowest BCUT2D eigenvalue weighted by Gasteiger charge is -2.25. The lowest BCUT2D eigenvalue weighted by Crippen LogP contribution is -2.46. The number of benzene rings is 1. The summed E-state index contributed by atoms with van der Waals surface area (Å²) in [6.45, 7) is 9.42. The molecular formula is C23H31N3O4S2. The van der Waals surface area contributed by atoms with Gasteiger partial charge in [0.1, 0.15) is 0 Å². The van der Waals surface area contributed by atoms with Crippen molar-refractivity contribution in [2.45, 2.75) is 53.5 Å². The van der Waals surface area contributed by atoms with Gasteiger partial charge in [0.15, 0.2) is 0 Å². The fraction of sp³-hybridized carbons (Fsp3) is 0.391. The number of aliphatic imine (C=N–C) groups is 1. The zero-order chi connectivity index (χ0) is 23.9. The van der Waals surface area contributed by atoms with Gasteiger partial charge in [-0.1, -0.05) is 45.0 Å². The molecule has 1 atom stereocenters. The predicted molar refractivity (Wildman–Crippen MR) is 132 cm³/mol. The van der Waals surface area contributed by atoms with Gasteiger partial charge in [0.05, 0.1) is 11.7 Å². The third kappa shape index (κ3) is 8.57. The molecule has 32 heavy (non-hydrogen) atoms. The lowest BCUT2D eigenvalue weighted by atomic mass is 9.93. The second-order valence-corrected chi connectivity index (χ2v) is 10.7. The molecule has 0 aliphatic heterocycles. The second kappa shape index (κ2) is 10.9. The van der Waals surface area contributed by atoms with Gasteiger partial charge in [0.25, 0.3) is 0 Å². The van der Waals surface area contributed by atoms with Gasteiger partial charge < -0.3 is 5.32 Å². The van der Waals surface area contributed by atoms with E-state index in [-0.39, 0.29) is 17.6 Å². The molecule has 0 saturated heterocycles. The molecule has 9 heteroatoms. The quantitative estimate of drug-likeness (QED) is 0.361. The molecule has 0 saturated carbocycles. The zero-order valence-corrected chi connectivity index (χ0v) is 20.7. The first-order chi connectivity index (χ1) is 14.9. The molecule has 0 fully saturated rings. The van der Waals surface area contributed by atoms with Gasteiger partial charge in [0, 0.05) is 28.1 Å². The van der Waals surface area contributed by atoms with Crippen LogP contribution < -0.4 is 10.0 Å². The number of anilines is 1. The first-order valence-corrected chi connectivity index (χ1v) is 12.6. The van der Waals surface area contributed by atoms with E-state index < -0.39 is 15.7 Å². The zero-order valence-electron chi connectivity index (χ0n) is 19.0. The summed E-state index contributed by atoms with van der Waals surface area (Å²) in [7, 11) is -4.33. The first kappa shape index (κ1) is 25.8. The van der Waals surface area contributed by atoms with Gasteiger partial charge in [-0.3, -0.25) is 19.1 Å². The van der Waals surface area contributed by atoms with Crippen LogP contribution in [-0.4, -0.2) is 30.6 Å². The molecular weight excluding hydrogens is 446 g/mol. The van der Waals surface area contributed by atoms with E-state index in [9.17, 15) is 13.2 Å². The average molecular weight is 478 g/mol. The Morgan fingerprint density at radius 1 is 1.22 bits per heavy atom. The number of nitrogens with zero attached hydrogens (tertiary/aromatic N) is 1. The number of rotatable bonds is 9. The van der Waals surface area contributed by atoms with Crippen molar-refractivity contribution in [3.8, 4) is 0 Å². The van der Waals surface area contributed by atoms with Crippen LogP contribution in [0.4, 0.5) is 5.69 Å². The monoisotopic (exact) mass is 477 g/mol. The van der Waals surface area contributed by atoms with Crippen LogP contribution in [-0.2, 0) is 27.9 Å². The maximum atomic E-state index is 12.7. The summed E-state index contributed by atoms with van der Waals surface area (Å²) >= 11 is 1.68. The van der Waals surface area contributed by atoms with E-state index in [2.05, 4.69) is 11.4 Å². The van der Waals surface area contributed by atoms with Crippen LogP contribution in [0.3, 0.4) is 0 Å². The van der Waals surface area contributed by atoms with Crippen molar-refractivity contribution >= 4 is 38.9 Å². The van der Waals surface area contributed by atoms with E-state index in [1.54, 1.807) is 35.6 Å². The third-order valence-corrected chi connectivity index (χ3v) is 6.09. The van der Waals surface area contributed by atoms with Crippen molar-refractivity contribution in [3.05, 3.63) is 64.0 Å². The SMILES string of the molecule is C/C=C(Cc1cccs1)\N=C(/C)[C@H](Cc1ccc(NS(=O)(=O)O)cc1)NC(=O)C(C)(C)C. The normalized spacial score (nSPS) is 14.2. The Morgan fingerprint density at radius 3 is 2.38 bits per heavy atom. The van der Waals surface area contributed by atoms with Crippen molar-refractivity contribution in [1.82, 2.24) is 5.32 Å². The number of carbonyl (C=O) groups is 1. The molecule has 1 heterocycles. The molecule has 174 valence electrons. The van der Waals surface area contributed by atoms with Crippen LogP contribution in [0.2, 0.25) is 0 Å². The van der Waals surface area contributed by atoms with Gasteiger partial charge in [-0.2, -0.15) is 8.42 Å². The van der Waals surface area contributed by atoms with Crippen LogP contribution in [0.15, 0.2) is 58.5 Å². The molecule has 0 aliphatic rings. The third-order valence-electron chi connectivity index (χ3n) is 4.72. The summed E-state index contributed by atoms with van der Waals surface area (Å²) in [5, 5.41) is 5.13. The standard InChI is InChI=1S/C23H31N3O4S2/c1-6-18(15-20-8-7-13-31-20)24-16(2)21(25-22(27)23(3,4)5)14-17-9-11-19(12-10-17)26-32(28,29)30/h6-13,21,26H,14-15H2,1-5H3,(H,25,27)(H,28,29,30)/b18-6-,24-16+/t21-/m0/s1. The summed E-state index contributed by atoms with van der Waals surface area (Å²) in [4.78, 5) is 18.7. The van der Waals surface area contributed by atoms with Gasteiger partial charge in [-0.25, -0.2) is 0 Å². The van der Waals surface area contributed by atoms with E-state index >= 15 is 0 Å². The molecule has 0 spiro atoms. The second-order valence-electron chi connectivity index (χ2n) is 8.54. The molecule has 3 N–H and O–H groups in total. The van der Waals surface area contributed by atoms with Crippen molar-refractivity contribution in [1.29, 1.82) is 0 Å². The van der Waals surface area contributed by atoms with Crippen molar-refractivity contribution < 1.29 is 17.8 Å². The largest absolute Gasteiger partial charge is 0.357 e. The molecule has 1 aromatic heterocycles. The maximum Gasteiger partial charge on any atom is 0.357 e. The molecule has 2 aromatic rings. The number of thiophene rings is 1. The minimum atomic E-state index is -4.33. The summed E-state index contributed by atoms with van der Waals surface area (Å²) in [5.74, 6) is -0.0815. The first-order valence-electron chi connectivity index (χ1n) is 10.3. The molecule has 0 bridgehead atoms. The molecule has 1 aromatic carbocycles. The summed E-state index contributed by atoms with van der Waals surface area (Å²) in [6.07, 6.45) is 3.18. The van der Waals surface area contributed by atoms with Gasteiger partial charge in [0.2, 0.25) is 5.91 Å². The number of amides is 1.